The second kappa shape index (κ2) is 11.1. The van der Waals surface area contributed by atoms with Crippen molar-refractivity contribution in [3.8, 4) is 0 Å². The molecule has 0 bridgehead atoms. The fourth-order valence-electron chi connectivity index (χ4n) is 3.02. The van der Waals surface area contributed by atoms with E-state index in [9.17, 15) is 14.4 Å². The Morgan fingerprint density at radius 2 is 1.79 bits per heavy atom. The molecule has 0 saturated carbocycles. The normalized spacial score (nSPS) is 14.5. The second-order valence-electron chi connectivity index (χ2n) is 6.49. The highest BCUT2D eigenvalue weighted by molar-refractivity contribution is 7.18. The summed E-state index contributed by atoms with van der Waals surface area (Å²) in [5.74, 6) is -1.34. The number of esters is 2. The highest BCUT2D eigenvalue weighted by Gasteiger charge is 2.27. The van der Waals surface area contributed by atoms with Gasteiger partial charge in [-0.15, -0.1) is 11.3 Å². The number of likely N-dealkylation sites (tertiary alicyclic amines) is 1. The molecule has 1 N–H and O–H groups in total. The smallest absolute Gasteiger partial charge is 0.348 e. The number of methoxy groups -OCH3 is 1. The van der Waals surface area contributed by atoms with Gasteiger partial charge >= 0.3 is 11.9 Å². The van der Waals surface area contributed by atoms with E-state index >= 15 is 0 Å². The zero-order valence-electron chi connectivity index (χ0n) is 16.7. The molecule has 1 saturated heterocycles. The topological polar surface area (TPSA) is 94.2 Å². The van der Waals surface area contributed by atoms with Gasteiger partial charge in [0.15, 0.2) is 0 Å². The van der Waals surface area contributed by atoms with Crippen LogP contribution in [0.5, 0.6) is 0 Å². The highest BCUT2D eigenvalue weighted by atomic mass is 32.1. The molecule has 9 heteroatoms. The van der Waals surface area contributed by atoms with Crippen LogP contribution in [0.2, 0.25) is 0 Å². The summed E-state index contributed by atoms with van der Waals surface area (Å²) < 4.78 is 15.1. The first-order valence-electron chi connectivity index (χ1n) is 9.46. The van der Waals surface area contributed by atoms with E-state index in [4.69, 9.17) is 14.2 Å². The third kappa shape index (κ3) is 6.02. The summed E-state index contributed by atoms with van der Waals surface area (Å²) in [7, 11) is 1.51. The van der Waals surface area contributed by atoms with Crippen molar-refractivity contribution >= 4 is 34.2 Å². The molecule has 0 spiro atoms. The lowest BCUT2D eigenvalue weighted by atomic mass is 10.1. The SMILES string of the molecule is CCOC(=O)c1c(NC(=O)CN2CCCCC2)sc(C(=O)OCCOC)c1C. The summed E-state index contributed by atoms with van der Waals surface area (Å²) in [5.41, 5.74) is 0.650. The molecule has 1 aromatic heterocycles. The number of ether oxygens (including phenoxy) is 3. The van der Waals surface area contributed by atoms with E-state index in [0.29, 0.717) is 10.6 Å². The van der Waals surface area contributed by atoms with E-state index in [1.807, 2.05) is 0 Å². The van der Waals surface area contributed by atoms with Crippen LogP contribution in [0, 0.1) is 6.92 Å². The van der Waals surface area contributed by atoms with E-state index in [1.54, 1.807) is 13.8 Å². The lowest BCUT2D eigenvalue weighted by Crippen LogP contribution is -2.36. The number of hydrogen-bond acceptors (Lipinski definition) is 8. The van der Waals surface area contributed by atoms with Crippen LogP contribution in [-0.4, -0.2) is 69.3 Å². The number of hydrogen-bond donors (Lipinski definition) is 1. The highest BCUT2D eigenvalue weighted by Crippen LogP contribution is 2.34. The zero-order chi connectivity index (χ0) is 20.5. The van der Waals surface area contributed by atoms with E-state index in [0.717, 1.165) is 37.3 Å². The van der Waals surface area contributed by atoms with Crippen molar-refractivity contribution < 1.29 is 28.6 Å². The molecular formula is C19H28N2O6S. The van der Waals surface area contributed by atoms with Gasteiger partial charge in [-0.3, -0.25) is 9.69 Å². The van der Waals surface area contributed by atoms with Crippen LogP contribution >= 0.6 is 11.3 Å². The number of nitrogens with one attached hydrogen (secondary N) is 1. The standard InChI is InChI=1S/C19H28N2O6S/c1-4-26-18(23)15-13(2)16(19(24)27-11-10-25-3)28-17(15)20-14(22)12-21-8-6-5-7-9-21/h4-12H2,1-3H3,(H,20,22). The lowest BCUT2D eigenvalue weighted by Gasteiger charge is -2.25. The lowest BCUT2D eigenvalue weighted by molar-refractivity contribution is -0.117. The molecule has 0 unspecified atom stereocenters. The van der Waals surface area contributed by atoms with Gasteiger partial charge in [-0.1, -0.05) is 6.42 Å². The van der Waals surface area contributed by atoms with Crippen molar-refractivity contribution in [3.05, 3.63) is 16.0 Å². The van der Waals surface area contributed by atoms with Crippen molar-refractivity contribution in [1.82, 2.24) is 4.90 Å². The number of amides is 1. The molecule has 0 atom stereocenters. The number of nitrogens with zero attached hydrogens (tertiary/aromatic N) is 1. The summed E-state index contributed by atoms with van der Waals surface area (Å²) in [6.45, 7) is 5.97. The van der Waals surface area contributed by atoms with Crippen molar-refractivity contribution in [2.24, 2.45) is 0 Å². The third-order valence-corrected chi connectivity index (χ3v) is 5.59. The Labute approximate surface area is 169 Å². The number of rotatable bonds is 9. The van der Waals surface area contributed by atoms with Gasteiger partial charge in [-0.05, 0) is 45.3 Å². The maximum atomic E-state index is 12.5. The predicted octanol–water partition coefficient (Wildman–Crippen LogP) is 2.46. The quantitative estimate of drug-likeness (QED) is 0.492. The van der Waals surface area contributed by atoms with Gasteiger partial charge in [0.05, 0.1) is 25.3 Å². The number of carbonyl (C=O) groups is 3. The van der Waals surface area contributed by atoms with Gasteiger partial charge in [0.25, 0.3) is 0 Å². The molecule has 1 aliphatic rings. The predicted molar refractivity (Wildman–Crippen MR) is 106 cm³/mol. The fraction of sp³-hybridized carbons (Fsp3) is 0.632. The maximum Gasteiger partial charge on any atom is 0.348 e. The molecule has 1 fully saturated rings. The molecule has 0 aromatic carbocycles. The van der Waals surface area contributed by atoms with Crippen LogP contribution < -0.4 is 5.32 Å². The number of anilines is 1. The molecule has 2 rings (SSSR count). The molecule has 156 valence electrons. The molecule has 0 aliphatic carbocycles. The fourth-order valence-corrected chi connectivity index (χ4v) is 4.12. The molecule has 0 radical (unpaired) electrons. The van der Waals surface area contributed by atoms with Crippen molar-refractivity contribution in [2.45, 2.75) is 33.1 Å². The van der Waals surface area contributed by atoms with Crippen LogP contribution in [0.1, 0.15) is 51.8 Å². The van der Waals surface area contributed by atoms with Gasteiger partial charge in [-0.2, -0.15) is 0 Å². The van der Waals surface area contributed by atoms with Crippen molar-refractivity contribution in [2.75, 3.05) is 51.9 Å². The van der Waals surface area contributed by atoms with Crippen LogP contribution in [0.4, 0.5) is 5.00 Å². The van der Waals surface area contributed by atoms with Crippen LogP contribution in [0.25, 0.3) is 0 Å². The minimum atomic E-state index is -0.569. The van der Waals surface area contributed by atoms with E-state index in [1.165, 1.54) is 13.5 Å². The minimum Gasteiger partial charge on any atom is -0.462 e. The van der Waals surface area contributed by atoms with E-state index < -0.39 is 11.9 Å². The van der Waals surface area contributed by atoms with Crippen LogP contribution in [-0.2, 0) is 19.0 Å². The van der Waals surface area contributed by atoms with Crippen LogP contribution in [0.15, 0.2) is 0 Å². The van der Waals surface area contributed by atoms with Crippen molar-refractivity contribution in [3.63, 3.8) is 0 Å². The monoisotopic (exact) mass is 412 g/mol. The Bertz CT molecular complexity index is 697. The second-order valence-corrected chi connectivity index (χ2v) is 7.52. The Morgan fingerprint density at radius 3 is 2.43 bits per heavy atom. The summed E-state index contributed by atoms with van der Waals surface area (Å²) in [4.78, 5) is 39.6. The maximum absolute atomic E-state index is 12.5. The average Bonchev–Trinajstić information content (AvgIpc) is 2.98. The van der Waals surface area contributed by atoms with Gasteiger partial charge in [0.2, 0.25) is 5.91 Å². The number of carbonyl (C=O) groups excluding carboxylic acids is 3. The zero-order valence-corrected chi connectivity index (χ0v) is 17.5. The molecular weight excluding hydrogens is 384 g/mol. The van der Waals surface area contributed by atoms with E-state index in [2.05, 4.69) is 10.2 Å². The molecule has 28 heavy (non-hydrogen) atoms. The number of thiophene rings is 1. The van der Waals surface area contributed by atoms with Gasteiger partial charge in [-0.25, -0.2) is 9.59 Å². The van der Waals surface area contributed by atoms with Gasteiger partial charge in [0, 0.05) is 7.11 Å². The molecule has 1 aromatic rings. The first-order chi connectivity index (χ1) is 13.5. The average molecular weight is 413 g/mol. The summed E-state index contributed by atoms with van der Waals surface area (Å²) >= 11 is 1.03. The number of piperidine rings is 1. The Kier molecular flexibility index (Phi) is 8.88. The van der Waals surface area contributed by atoms with E-state index in [-0.39, 0.29) is 42.7 Å². The molecule has 8 nitrogen and oxygen atoms in total. The Hall–Kier alpha value is -1.97. The minimum absolute atomic E-state index is 0.109. The Morgan fingerprint density at radius 1 is 1.07 bits per heavy atom. The summed E-state index contributed by atoms with van der Waals surface area (Å²) in [6, 6.07) is 0. The third-order valence-electron chi connectivity index (χ3n) is 4.40. The first-order valence-corrected chi connectivity index (χ1v) is 10.3. The summed E-state index contributed by atoms with van der Waals surface area (Å²) in [5, 5.41) is 3.10. The van der Waals surface area contributed by atoms with Gasteiger partial charge in [0.1, 0.15) is 16.5 Å². The van der Waals surface area contributed by atoms with Gasteiger partial charge < -0.3 is 19.5 Å². The Balaban J connectivity index is 2.17. The largest absolute Gasteiger partial charge is 0.462 e. The molecule has 1 amide bonds. The molecule has 1 aliphatic heterocycles. The molecule has 2 heterocycles. The van der Waals surface area contributed by atoms with Crippen LogP contribution in [0.3, 0.4) is 0 Å². The van der Waals surface area contributed by atoms with Crippen molar-refractivity contribution in [1.29, 1.82) is 0 Å². The first kappa shape index (κ1) is 22.3. The summed E-state index contributed by atoms with van der Waals surface area (Å²) in [6.07, 6.45) is 3.34.